The van der Waals surface area contributed by atoms with Crippen molar-refractivity contribution in [3.05, 3.63) is 5.51 Å². The summed E-state index contributed by atoms with van der Waals surface area (Å²) in [4.78, 5) is 24.9. The molecule has 2 aliphatic rings. The molecule has 7 nitrogen and oxygen atoms in total. The van der Waals surface area contributed by atoms with Crippen LogP contribution < -0.4 is 5.32 Å². The van der Waals surface area contributed by atoms with E-state index in [-0.39, 0.29) is 18.1 Å². The van der Waals surface area contributed by atoms with E-state index in [0.29, 0.717) is 11.6 Å². The third-order valence-corrected chi connectivity index (χ3v) is 4.27. The van der Waals surface area contributed by atoms with E-state index < -0.39 is 11.9 Å². The number of aliphatic carboxylic acids is 1. The van der Waals surface area contributed by atoms with Gasteiger partial charge in [0.1, 0.15) is 5.51 Å². The Balaban J connectivity index is 1.73. The van der Waals surface area contributed by atoms with Gasteiger partial charge in [0.25, 0.3) is 0 Å². The summed E-state index contributed by atoms with van der Waals surface area (Å²) in [6, 6.07) is -0.396. The third-order valence-electron chi connectivity index (χ3n) is 3.66. The van der Waals surface area contributed by atoms with Crippen molar-refractivity contribution in [2.45, 2.75) is 31.3 Å². The van der Waals surface area contributed by atoms with Crippen LogP contribution in [0.25, 0.3) is 0 Å². The lowest BCUT2D eigenvalue weighted by atomic mass is 9.89. The lowest BCUT2D eigenvalue weighted by Gasteiger charge is -2.22. The molecule has 2 bridgehead atoms. The van der Waals surface area contributed by atoms with E-state index in [4.69, 9.17) is 5.11 Å². The molecular formula is C10H12N4O3S. The molecule has 2 N–H and O–H groups in total. The van der Waals surface area contributed by atoms with Crippen molar-refractivity contribution in [2.24, 2.45) is 5.92 Å². The Labute approximate surface area is 107 Å². The zero-order valence-corrected chi connectivity index (χ0v) is 10.3. The summed E-state index contributed by atoms with van der Waals surface area (Å²) in [6.45, 7) is 0. The van der Waals surface area contributed by atoms with Crippen LogP contribution in [0.15, 0.2) is 5.51 Å². The topological polar surface area (TPSA) is 95.4 Å². The van der Waals surface area contributed by atoms with Gasteiger partial charge in [0.05, 0.1) is 5.92 Å². The first-order chi connectivity index (χ1) is 8.66. The molecule has 2 fully saturated rings. The molecule has 0 spiro atoms. The van der Waals surface area contributed by atoms with Crippen molar-refractivity contribution < 1.29 is 14.7 Å². The summed E-state index contributed by atoms with van der Waals surface area (Å²) in [5.41, 5.74) is 1.54. The minimum absolute atomic E-state index is 0.0454. The van der Waals surface area contributed by atoms with Crippen molar-refractivity contribution in [1.82, 2.24) is 15.1 Å². The largest absolute Gasteiger partial charge is 0.481 e. The molecule has 3 atom stereocenters. The molecule has 8 heteroatoms. The Morgan fingerprint density at radius 1 is 1.50 bits per heavy atom. The van der Waals surface area contributed by atoms with Crippen molar-refractivity contribution in [3.8, 4) is 0 Å². The van der Waals surface area contributed by atoms with E-state index in [9.17, 15) is 9.59 Å². The van der Waals surface area contributed by atoms with Gasteiger partial charge in [0.15, 0.2) is 0 Å². The Morgan fingerprint density at radius 2 is 2.33 bits per heavy atom. The summed E-state index contributed by atoms with van der Waals surface area (Å²) < 4.78 is 0. The second kappa shape index (κ2) is 4.20. The lowest BCUT2D eigenvalue weighted by Crippen LogP contribution is -2.40. The van der Waals surface area contributed by atoms with Gasteiger partial charge >= 0.3 is 12.0 Å². The van der Waals surface area contributed by atoms with Crippen LogP contribution >= 0.6 is 11.3 Å². The average Bonchev–Trinajstić information content (AvgIpc) is 3.02. The highest BCUT2D eigenvalue weighted by atomic mass is 32.1. The number of rotatable bonds is 2. The van der Waals surface area contributed by atoms with Gasteiger partial charge in [-0.3, -0.25) is 10.1 Å². The molecule has 18 heavy (non-hydrogen) atoms. The fourth-order valence-electron chi connectivity index (χ4n) is 2.95. The number of amides is 2. The fourth-order valence-corrected chi connectivity index (χ4v) is 3.39. The van der Waals surface area contributed by atoms with E-state index in [1.807, 2.05) is 0 Å². The predicted octanol–water partition coefficient (Wildman–Crippen LogP) is 1.01. The quantitative estimate of drug-likeness (QED) is 0.834. The Morgan fingerprint density at radius 3 is 2.94 bits per heavy atom. The van der Waals surface area contributed by atoms with Crippen molar-refractivity contribution in [1.29, 1.82) is 0 Å². The first-order valence-electron chi connectivity index (χ1n) is 5.75. The molecule has 3 unspecified atom stereocenters. The fraction of sp³-hybridized carbons (Fsp3) is 0.600. The zero-order chi connectivity index (χ0) is 12.7. The van der Waals surface area contributed by atoms with E-state index >= 15 is 0 Å². The second-order valence-electron chi connectivity index (χ2n) is 4.56. The van der Waals surface area contributed by atoms with E-state index in [0.717, 1.165) is 12.8 Å². The minimum atomic E-state index is -0.809. The molecule has 0 aromatic carbocycles. The zero-order valence-electron chi connectivity index (χ0n) is 9.44. The lowest BCUT2D eigenvalue weighted by molar-refractivity contribution is -0.142. The van der Waals surface area contributed by atoms with E-state index in [1.165, 1.54) is 16.8 Å². The van der Waals surface area contributed by atoms with Crippen molar-refractivity contribution in [3.63, 3.8) is 0 Å². The molecular weight excluding hydrogens is 256 g/mol. The average molecular weight is 268 g/mol. The number of carbonyl (C=O) groups is 2. The van der Waals surface area contributed by atoms with Crippen LogP contribution in [0.5, 0.6) is 0 Å². The molecule has 2 amide bonds. The molecule has 2 aliphatic heterocycles. The number of hydrogen-bond donors (Lipinski definition) is 2. The monoisotopic (exact) mass is 268 g/mol. The highest BCUT2D eigenvalue weighted by Crippen LogP contribution is 2.42. The Bertz CT molecular complexity index is 477. The molecule has 0 radical (unpaired) electrons. The number of hydrogen-bond acceptors (Lipinski definition) is 5. The molecule has 1 aromatic heterocycles. The van der Waals surface area contributed by atoms with Crippen LogP contribution in [0.4, 0.5) is 9.93 Å². The number of aromatic nitrogens is 2. The SMILES string of the molecule is O=C(O)C1CC2CCC1N2C(=O)Nc1nncs1. The maximum atomic E-state index is 12.1. The van der Waals surface area contributed by atoms with Gasteiger partial charge in [-0.2, -0.15) is 0 Å². The van der Waals surface area contributed by atoms with Crippen LogP contribution in [0.3, 0.4) is 0 Å². The van der Waals surface area contributed by atoms with Gasteiger partial charge in [-0.15, -0.1) is 10.2 Å². The van der Waals surface area contributed by atoms with Crippen LogP contribution in [0, 0.1) is 5.92 Å². The van der Waals surface area contributed by atoms with Crippen LogP contribution in [0.1, 0.15) is 19.3 Å². The molecule has 1 aromatic rings. The van der Waals surface area contributed by atoms with Gasteiger partial charge in [-0.05, 0) is 19.3 Å². The standard InChI is InChI=1S/C10H12N4O3S/c15-8(16)6-3-5-1-2-7(6)14(5)10(17)12-9-13-11-4-18-9/h4-7H,1-3H2,(H,15,16)(H,12,13,17). The molecule has 0 saturated carbocycles. The smallest absolute Gasteiger partial charge is 0.324 e. The third kappa shape index (κ3) is 1.72. The van der Waals surface area contributed by atoms with Gasteiger partial charge in [0.2, 0.25) is 5.13 Å². The number of carboxylic acid groups (broad SMARTS) is 1. The number of anilines is 1. The van der Waals surface area contributed by atoms with Gasteiger partial charge in [0, 0.05) is 12.1 Å². The van der Waals surface area contributed by atoms with Gasteiger partial charge in [-0.1, -0.05) is 11.3 Å². The number of nitrogens with one attached hydrogen (secondary N) is 1. The Kier molecular flexibility index (Phi) is 2.66. The number of nitrogens with zero attached hydrogens (tertiary/aromatic N) is 3. The summed E-state index contributed by atoms with van der Waals surface area (Å²) in [5.74, 6) is -1.24. The van der Waals surface area contributed by atoms with Crippen molar-refractivity contribution in [2.75, 3.05) is 5.32 Å². The van der Waals surface area contributed by atoms with Crippen LogP contribution in [-0.2, 0) is 4.79 Å². The highest BCUT2D eigenvalue weighted by molar-refractivity contribution is 7.13. The summed E-state index contributed by atoms with van der Waals surface area (Å²) in [6.07, 6.45) is 2.21. The molecule has 3 heterocycles. The normalized spacial score (nSPS) is 29.6. The molecule has 3 rings (SSSR count). The second-order valence-corrected chi connectivity index (χ2v) is 5.39. The first kappa shape index (κ1) is 11.4. The number of fused-ring (bicyclic) bond motifs is 2. The Hall–Kier alpha value is -1.70. The summed E-state index contributed by atoms with van der Waals surface area (Å²) >= 11 is 1.24. The predicted molar refractivity (Wildman–Crippen MR) is 63.3 cm³/mol. The first-order valence-corrected chi connectivity index (χ1v) is 6.63. The summed E-state index contributed by atoms with van der Waals surface area (Å²) in [7, 11) is 0. The number of urea groups is 1. The van der Waals surface area contributed by atoms with Gasteiger partial charge < -0.3 is 10.0 Å². The molecule has 2 saturated heterocycles. The highest BCUT2D eigenvalue weighted by Gasteiger charge is 2.51. The van der Waals surface area contributed by atoms with Gasteiger partial charge in [-0.25, -0.2) is 4.79 Å². The molecule has 0 aliphatic carbocycles. The maximum Gasteiger partial charge on any atom is 0.324 e. The van der Waals surface area contributed by atoms with Crippen LogP contribution in [-0.4, -0.2) is 44.3 Å². The van der Waals surface area contributed by atoms with Crippen molar-refractivity contribution >= 4 is 28.5 Å². The number of carboxylic acids is 1. The summed E-state index contributed by atoms with van der Waals surface area (Å²) in [5, 5.41) is 19.6. The molecule has 96 valence electrons. The number of carbonyl (C=O) groups excluding carboxylic acids is 1. The van der Waals surface area contributed by atoms with E-state index in [1.54, 1.807) is 4.90 Å². The maximum absolute atomic E-state index is 12.1. The van der Waals surface area contributed by atoms with Crippen LogP contribution in [0.2, 0.25) is 0 Å². The minimum Gasteiger partial charge on any atom is -0.481 e. The van der Waals surface area contributed by atoms with E-state index in [2.05, 4.69) is 15.5 Å².